The number of hydrogen-bond donors (Lipinski definition) is 1. The standard InChI is InChI=1S/C14H25N5O/c1-4-6-9-20-10-7-8-18-13-12(16-14(18)15)11(3)17-19(13)5-2/h4-10H2,1-3H3,(H2,15,16). The SMILES string of the molecule is CCCCOCCCn1c(N)nc2c(C)nn(CC)c21. The number of ether oxygens (including phenoxy) is 1. The summed E-state index contributed by atoms with van der Waals surface area (Å²) in [6, 6.07) is 0. The van der Waals surface area contributed by atoms with Gasteiger partial charge in [-0.05, 0) is 26.7 Å². The number of nitrogen functional groups attached to an aromatic ring is 1. The molecule has 0 radical (unpaired) electrons. The van der Waals surface area contributed by atoms with E-state index in [-0.39, 0.29) is 0 Å². The summed E-state index contributed by atoms with van der Waals surface area (Å²) in [6.45, 7) is 9.46. The van der Waals surface area contributed by atoms with Crippen LogP contribution >= 0.6 is 0 Å². The summed E-state index contributed by atoms with van der Waals surface area (Å²) >= 11 is 0. The molecule has 2 N–H and O–H groups in total. The Morgan fingerprint density at radius 3 is 2.65 bits per heavy atom. The number of aryl methyl sites for hydroxylation is 3. The molecular formula is C14H25N5O. The first-order valence-corrected chi connectivity index (χ1v) is 7.45. The van der Waals surface area contributed by atoms with Gasteiger partial charge in [0.2, 0.25) is 5.95 Å². The van der Waals surface area contributed by atoms with Crippen molar-refractivity contribution in [2.75, 3.05) is 18.9 Å². The van der Waals surface area contributed by atoms with Gasteiger partial charge in [-0.3, -0.25) is 4.57 Å². The van der Waals surface area contributed by atoms with Gasteiger partial charge in [-0.1, -0.05) is 13.3 Å². The molecule has 0 spiro atoms. The molecule has 0 saturated heterocycles. The molecule has 0 saturated carbocycles. The Kier molecular flexibility index (Phi) is 5.00. The first kappa shape index (κ1) is 14.8. The summed E-state index contributed by atoms with van der Waals surface area (Å²) in [5.41, 5.74) is 8.90. The molecule has 0 unspecified atom stereocenters. The second kappa shape index (κ2) is 6.74. The third kappa shape index (κ3) is 2.95. The number of nitrogens with zero attached hydrogens (tertiary/aromatic N) is 4. The fourth-order valence-corrected chi connectivity index (χ4v) is 2.36. The Balaban J connectivity index is 2.04. The molecule has 0 bridgehead atoms. The van der Waals surface area contributed by atoms with Crippen LogP contribution in [0.25, 0.3) is 11.2 Å². The van der Waals surface area contributed by atoms with E-state index in [4.69, 9.17) is 10.5 Å². The molecule has 0 aliphatic carbocycles. The van der Waals surface area contributed by atoms with Gasteiger partial charge in [0.15, 0.2) is 5.65 Å². The van der Waals surface area contributed by atoms with Crippen LogP contribution in [-0.2, 0) is 17.8 Å². The molecule has 2 heterocycles. The van der Waals surface area contributed by atoms with Crippen LogP contribution in [0.1, 0.15) is 38.8 Å². The minimum atomic E-state index is 0.566. The van der Waals surface area contributed by atoms with Gasteiger partial charge in [0.25, 0.3) is 0 Å². The summed E-state index contributed by atoms with van der Waals surface area (Å²) in [7, 11) is 0. The molecule has 0 aliphatic rings. The molecule has 2 rings (SSSR count). The van der Waals surface area contributed by atoms with Gasteiger partial charge < -0.3 is 10.5 Å². The number of nitrogens with two attached hydrogens (primary N) is 1. The fraction of sp³-hybridized carbons (Fsp3) is 0.714. The van der Waals surface area contributed by atoms with E-state index in [9.17, 15) is 0 Å². The summed E-state index contributed by atoms with van der Waals surface area (Å²) in [5.74, 6) is 0.566. The Morgan fingerprint density at radius 1 is 1.20 bits per heavy atom. The summed E-state index contributed by atoms with van der Waals surface area (Å²) in [5, 5.41) is 4.49. The topological polar surface area (TPSA) is 70.9 Å². The monoisotopic (exact) mass is 279 g/mol. The maximum atomic E-state index is 6.02. The lowest BCUT2D eigenvalue weighted by atomic mass is 10.3. The van der Waals surface area contributed by atoms with Crippen LogP contribution in [0.3, 0.4) is 0 Å². The Bertz CT molecular complexity index is 557. The molecule has 0 fully saturated rings. The first-order valence-electron chi connectivity index (χ1n) is 7.45. The van der Waals surface area contributed by atoms with E-state index in [0.29, 0.717) is 5.95 Å². The predicted molar refractivity (Wildman–Crippen MR) is 80.7 cm³/mol. The Morgan fingerprint density at radius 2 is 1.95 bits per heavy atom. The highest BCUT2D eigenvalue weighted by Crippen LogP contribution is 2.21. The van der Waals surface area contributed by atoms with Crippen molar-refractivity contribution in [1.29, 1.82) is 0 Å². The van der Waals surface area contributed by atoms with Crippen LogP contribution in [0.5, 0.6) is 0 Å². The highest BCUT2D eigenvalue weighted by atomic mass is 16.5. The number of unbranched alkanes of at least 4 members (excludes halogenated alkanes) is 1. The molecular weight excluding hydrogens is 254 g/mol. The van der Waals surface area contributed by atoms with Gasteiger partial charge >= 0.3 is 0 Å². The number of imidazole rings is 1. The molecule has 6 nitrogen and oxygen atoms in total. The molecule has 0 amide bonds. The van der Waals surface area contributed by atoms with Crippen LogP contribution in [0.2, 0.25) is 0 Å². The normalized spacial score (nSPS) is 11.6. The molecule has 2 aromatic heterocycles. The fourth-order valence-electron chi connectivity index (χ4n) is 2.36. The zero-order valence-electron chi connectivity index (χ0n) is 12.7. The molecule has 20 heavy (non-hydrogen) atoms. The number of anilines is 1. The van der Waals surface area contributed by atoms with E-state index in [2.05, 4.69) is 23.9 Å². The minimum absolute atomic E-state index is 0.566. The first-order chi connectivity index (χ1) is 9.69. The summed E-state index contributed by atoms with van der Waals surface area (Å²) in [4.78, 5) is 4.43. The molecule has 0 atom stereocenters. The maximum Gasteiger partial charge on any atom is 0.202 e. The molecule has 2 aromatic rings. The third-order valence-corrected chi connectivity index (χ3v) is 3.44. The van der Waals surface area contributed by atoms with Crippen molar-refractivity contribution in [2.45, 2.75) is 53.1 Å². The van der Waals surface area contributed by atoms with E-state index in [1.165, 1.54) is 6.42 Å². The molecule has 0 aromatic carbocycles. The van der Waals surface area contributed by atoms with E-state index >= 15 is 0 Å². The number of hydrogen-bond acceptors (Lipinski definition) is 4. The smallest absolute Gasteiger partial charge is 0.202 e. The van der Waals surface area contributed by atoms with Crippen LogP contribution in [0.4, 0.5) is 5.95 Å². The molecule has 112 valence electrons. The van der Waals surface area contributed by atoms with Crippen molar-refractivity contribution in [3.05, 3.63) is 5.69 Å². The zero-order chi connectivity index (χ0) is 14.5. The highest BCUT2D eigenvalue weighted by Gasteiger charge is 2.16. The highest BCUT2D eigenvalue weighted by molar-refractivity contribution is 5.77. The molecule has 0 aliphatic heterocycles. The van der Waals surface area contributed by atoms with Crippen LogP contribution in [0, 0.1) is 6.92 Å². The lowest BCUT2D eigenvalue weighted by Crippen LogP contribution is -2.10. The van der Waals surface area contributed by atoms with Gasteiger partial charge in [0, 0.05) is 26.3 Å². The van der Waals surface area contributed by atoms with Crippen molar-refractivity contribution in [3.63, 3.8) is 0 Å². The minimum Gasteiger partial charge on any atom is -0.381 e. The third-order valence-electron chi connectivity index (χ3n) is 3.44. The number of aromatic nitrogens is 4. The van der Waals surface area contributed by atoms with Crippen molar-refractivity contribution >= 4 is 17.1 Å². The van der Waals surface area contributed by atoms with Crippen molar-refractivity contribution < 1.29 is 4.74 Å². The van der Waals surface area contributed by atoms with Crippen molar-refractivity contribution in [3.8, 4) is 0 Å². The largest absolute Gasteiger partial charge is 0.381 e. The maximum absolute atomic E-state index is 6.02. The van der Waals surface area contributed by atoms with E-state index in [1.54, 1.807) is 0 Å². The zero-order valence-corrected chi connectivity index (χ0v) is 12.7. The summed E-state index contributed by atoms with van der Waals surface area (Å²) < 4.78 is 9.60. The molecule has 6 heteroatoms. The van der Waals surface area contributed by atoms with Crippen LogP contribution < -0.4 is 5.73 Å². The number of fused-ring (bicyclic) bond motifs is 1. The van der Waals surface area contributed by atoms with Crippen LogP contribution in [-0.4, -0.2) is 32.5 Å². The predicted octanol–water partition coefficient (Wildman–Crippen LogP) is 2.35. The van der Waals surface area contributed by atoms with Crippen LogP contribution in [0.15, 0.2) is 0 Å². The van der Waals surface area contributed by atoms with Gasteiger partial charge in [-0.25, -0.2) is 9.67 Å². The second-order valence-corrected chi connectivity index (χ2v) is 5.01. The number of rotatable bonds is 8. The van der Waals surface area contributed by atoms with E-state index in [1.807, 2.05) is 16.2 Å². The Labute approximate surface area is 119 Å². The van der Waals surface area contributed by atoms with Crippen molar-refractivity contribution in [2.24, 2.45) is 0 Å². The lowest BCUT2D eigenvalue weighted by Gasteiger charge is -2.08. The van der Waals surface area contributed by atoms with Crippen molar-refractivity contribution in [1.82, 2.24) is 19.3 Å². The van der Waals surface area contributed by atoms with Gasteiger partial charge in [0.05, 0.1) is 5.69 Å². The van der Waals surface area contributed by atoms with E-state index < -0.39 is 0 Å². The quantitative estimate of drug-likeness (QED) is 0.753. The van der Waals surface area contributed by atoms with Gasteiger partial charge in [-0.2, -0.15) is 5.10 Å². The Hall–Kier alpha value is -1.56. The van der Waals surface area contributed by atoms with E-state index in [0.717, 1.165) is 56.0 Å². The second-order valence-electron chi connectivity index (χ2n) is 5.01. The van der Waals surface area contributed by atoms with Gasteiger partial charge in [0.1, 0.15) is 5.52 Å². The average Bonchev–Trinajstić information content (AvgIpc) is 2.92. The summed E-state index contributed by atoms with van der Waals surface area (Å²) in [6.07, 6.45) is 3.23. The average molecular weight is 279 g/mol. The lowest BCUT2D eigenvalue weighted by molar-refractivity contribution is 0.126. The van der Waals surface area contributed by atoms with Gasteiger partial charge in [-0.15, -0.1) is 0 Å².